The second-order valence-corrected chi connectivity index (χ2v) is 8.60. The highest BCUT2D eigenvalue weighted by Gasteiger charge is 2.12. The molecule has 3 aromatic rings. The first-order valence-corrected chi connectivity index (χ1v) is 11.2. The number of aromatic nitrogens is 2. The Bertz CT molecular complexity index is 1000. The molecule has 1 saturated heterocycles. The van der Waals surface area contributed by atoms with Crippen LogP contribution in [0, 0.1) is 6.92 Å². The van der Waals surface area contributed by atoms with Crippen LogP contribution in [0.25, 0.3) is 0 Å². The lowest BCUT2D eigenvalue weighted by Gasteiger charge is -2.28. The van der Waals surface area contributed by atoms with Crippen molar-refractivity contribution in [3.63, 3.8) is 0 Å². The Morgan fingerprint density at radius 2 is 1.87 bits per heavy atom. The molecule has 5 nitrogen and oxygen atoms in total. The van der Waals surface area contributed by atoms with E-state index >= 15 is 0 Å². The van der Waals surface area contributed by atoms with E-state index in [1.807, 2.05) is 12.3 Å². The van der Waals surface area contributed by atoms with Crippen LogP contribution < -0.4 is 10.6 Å². The molecule has 6 heteroatoms. The zero-order chi connectivity index (χ0) is 20.9. The van der Waals surface area contributed by atoms with Crippen molar-refractivity contribution in [2.75, 3.05) is 36.9 Å². The van der Waals surface area contributed by atoms with Crippen LogP contribution in [0.5, 0.6) is 0 Å². The molecular weight excluding hydrogens is 392 g/mol. The van der Waals surface area contributed by atoms with Gasteiger partial charge in [-0.15, -0.1) is 0 Å². The molecule has 156 valence electrons. The summed E-state index contributed by atoms with van der Waals surface area (Å²) in [6.07, 6.45) is 3.57. The highest BCUT2D eigenvalue weighted by Crippen LogP contribution is 2.31. The van der Waals surface area contributed by atoms with E-state index in [4.69, 9.17) is 15.5 Å². The van der Waals surface area contributed by atoms with E-state index in [9.17, 15) is 0 Å². The average molecular weight is 421 g/mol. The number of morpholine rings is 1. The van der Waals surface area contributed by atoms with Gasteiger partial charge >= 0.3 is 0 Å². The van der Waals surface area contributed by atoms with Crippen LogP contribution >= 0.6 is 11.8 Å². The largest absolute Gasteiger partial charge is 0.399 e. The zero-order valence-electron chi connectivity index (χ0n) is 17.6. The van der Waals surface area contributed by atoms with Crippen LogP contribution in [0.4, 0.5) is 11.4 Å². The smallest absolute Gasteiger partial charge is 0.133 e. The quantitative estimate of drug-likeness (QED) is 0.468. The fourth-order valence-corrected chi connectivity index (χ4v) is 4.47. The maximum atomic E-state index is 6.05. The number of hydrogen-bond acceptors (Lipinski definition) is 6. The van der Waals surface area contributed by atoms with Crippen LogP contribution in [0.15, 0.2) is 58.6 Å². The summed E-state index contributed by atoms with van der Waals surface area (Å²) in [5.74, 6) is 0.841. The van der Waals surface area contributed by atoms with Gasteiger partial charge in [0.2, 0.25) is 0 Å². The number of nitrogens with zero attached hydrogens (tertiary/aromatic N) is 3. The van der Waals surface area contributed by atoms with Gasteiger partial charge in [0, 0.05) is 42.0 Å². The van der Waals surface area contributed by atoms with E-state index < -0.39 is 0 Å². The molecule has 2 N–H and O–H groups in total. The normalized spacial score (nSPS) is 14.1. The van der Waals surface area contributed by atoms with E-state index in [1.165, 1.54) is 16.8 Å². The Kier molecular flexibility index (Phi) is 6.55. The van der Waals surface area contributed by atoms with Crippen molar-refractivity contribution in [1.29, 1.82) is 0 Å². The molecule has 2 heterocycles. The first-order valence-electron chi connectivity index (χ1n) is 10.4. The van der Waals surface area contributed by atoms with Crippen molar-refractivity contribution < 1.29 is 4.74 Å². The number of aryl methyl sites for hydroxylation is 2. The summed E-state index contributed by atoms with van der Waals surface area (Å²) in [6, 6.07) is 14.9. The molecule has 1 aromatic heterocycles. The number of hydrogen-bond donors (Lipinski definition) is 1. The molecule has 0 saturated carbocycles. The fraction of sp³-hybridized carbons (Fsp3) is 0.333. The average Bonchev–Trinajstić information content (AvgIpc) is 2.78. The van der Waals surface area contributed by atoms with Gasteiger partial charge in [-0.1, -0.05) is 30.8 Å². The molecule has 0 aliphatic carbocycles. The molecule has 1 fully saturated rings. The Balaban J connectivity index is 1.47. The number of nitrogens with two attached hydrogens (primary N) is 1. The summed E-state index contributed by atoms with van der Waals surface area (Å²) in [6.45, 7) is 7.68. The summed E-state index contributed by atoms with van der Waals surface area (Å²) in [7, 11) is 0. The van der Waals surface area contributed by atoms with Crippen molar-refractivity contribution in [1.82, 2.24) is 9.97 Å². The first kappa shape index (κ1) is 20.7. The summed E-state index contributed by atoms with van der Waals surface area (Å²) < 4.78 is 5.44. The number of anilines is 2. The summed E-state index contributed by atoms with van der Waals surface area (Å²) in [5.41, 5.74) is 11.6. The van der Waals surface area contributed by atoms with Gasteiger partial charge in [0.1, 0.15) is 10.9 Å². The van der Waals surface area contributed by atoms with Crippen LogP contribution in [0.2, 0.25) is 0 Å². The van der Waals surface area contributed by atoms with Crippen molar-refractivity contribution in [2.45, 2.75) is 36.6 Å². The second-order valence-electron chi connectivity index (χ2n) is 7.53. The lowest BCUT2D eigenvalue weighted by Crippen LogP contribution is -2.36. The minimum absolute atomic E-state index is 0.721. The van der Waals surface area contributed by atoms with Gasteiger partial charge < -0.3 is 15.4 Å². The Hall–Kier alpha value is -2.57. The maximum Gasteiger partial charge on any atom is 0.133 e. The molecule has 0 spiro atoms. The molecule has 30 heavy (non-hydrogen) atoms. The summed E-state index contributed by atoms with van der Waals surface area (Å²) >= 11 is 1.67. The van der Waals surface area contributed by atoms with E-state index in [1.54, 1.807) is 11.8 Å². The zero-order valence-corrected chi connectivity index (χ0v) is 18.4. The van der Waals surface area contributed by atoms with E-state index in [2.05, 4.69) is 60.1 Å². The number of ether oxygens (including phenoxy) is 1. The van der Waals surface area contributed by atoms with Crippen molar-refractivity contribution >= 4 is 23.1 Å². The highest BCUT2D eigenvalue weighted by atomic mass is 32.2. The molecule has 4 rings (SSSR count). The predicted octanol–water partition coefficient (Wildman–Crippen LogP) is 4.51. The highest BCUT2D eigenvalue weighted by molar-refractivity contribution is 7.99. The van der Waals surface area contributed by atoms with Gasteiger partial charge in [-0.3, -0.25) is 0 Å². The monoisotopic (exact) mass is 420 g/mol. The van der Waals surface area contributed by atoms with Crippen molar-refractivity contribution in [2.24, 2.45) is 0 Å². The molecule has 0 radical (unpaired) electrons. The fourth-order valence-electron chi connectivity index (χ4n) is 3.54. The third kappa shape index (κ3) is 4.94. The van der Waals surface area contributed by atoms with Crippen LogP contribution in [0.1, 0.15) is 29.4 Å². The molecule has 0 amide bonds. The number of benzene rings is 2. The summed E-state index contributed by atoms with van der Waals surface area (Å²) in [5, 5.41) is 0.997. The first-order chi connectivity index (χ1) is 14.6. The van der Waals surface area contributed by atoms with E-state index in [0.717, 1.165) is 66.1 Å². The second kappa shape index (κ2) is 9.49. The lowest BCUT2D eigenvalue weighted by atomic mass is 10.1. The molecular formula is C24H28N4OS. The van der Waals surface area contributed by atoms with E-state index in [0.29, 0.717) is 0 Å². The van der Waals surface area contributed by atoms with Gasteiger partial charge in [-0.05, 0) is 60.4 Å². The molecule has 0 unspecified atom stereocenters. The summed E-state index contributed by atoms with van der Waals surface area (Å²) in [4.78, 5) is 12.9. The van der Waals surface area contributed by atoms with Crippen LogP contribution in [-0.2, 0) is 17.6 Å². The van der Waals surface area contributed by atoms with Crippen molar-refractivity contribution in [3.8, 4) is 0 Å². The number of nitrogen functional groups attached to an aromatic ring is 1. The minimum atomic E-state index is 0.721. The maximum absolute atomic E-state index is 6.05. The van der Waals surface area contributed by atoms with E-state index in [-0.39, 0.29) is 0 Å². The Morgan fingerprint density at radius 3 is 2.60 bits per heavy atom. The van der Waals surface area contributed by atoms with Gasteiger partial charge in [0.25, 0.3) is 0 Å². The molecule has 1 aliphatic rings. The van der Waals surface area contributed by atoms with Crippen LogP contribution in [-0.4, -0.2) is 36.3 Å². The number of rotatable bonds is 6. The Labute approximate surface area is 182 Å². The minimum Gasteiger partial charge on any atom is -0.399 e. The standard InChI is InChI=1S/C24H28N4OS/c1-3-19-15-21(8-9-22(19)25)30-24-17(2)16-26-23(27-24)14-18-4-6-20(7-5-18)28-10-12-29-13-11-28/h4-9,15-16H,3,10-14,25H2,1-2H3. The third-order valence-corrected chi connectivity index (χ3v) is 6.46. The van der Waals surface area contributed by atoms with Gasteiger partial charge in [-0.2, -0.15) is 0 Å². The molecule has 0 atom stereocenters. The SMILES string of the molecule is CCc1cc(Sc2nc(Cc3ccc(N4CCOCC4)cc3)ncc2C)ccc1N. The predicted molar refractivity (Wildman–Crippen MR) is 123 cm³/mol. The third-order valence-electron chi connectivity index (χ3n) is 5.36. The van der Waals surface area contributed by atoms with Gasteiger partial charge in [-0.25, -0.2) is 9.97 Å². The van der Waals surface area contributed by atoms with Crippen LogP contribution in [0.3, 0.4) is 0 Å². The lowest BCUT2D eigenvalue weighted by molar-refractivity contribution is 0.122. The Morgan fingerprint density at radius 1 is 1.10 bits per heavy atom. The van der Waals surface area contributed by atoms with Gasteiger partial charge in [0.05, 0.1) is 13.2 Å². The molecule has 2 aromatic carbocycles. The topological polar surface area (TPSA) is 64.3 Å². The molecule has 0 bridgehead atoms. The van der Waals surface area contributed by atoms with Gasteiger partial charge in [0.15, 0.2) is 0 Å². The molecule has 1 aliphatic heterocycles. The van der Waals surface area contributed by atoms with Crippen molar-refractivity contribution in [3.05, 3.63) is 71.2 Å².